The molecule has 1 N–H and O–H groups in total. The van der Waals surface area contributed by atoms with Gasteiger partial charge in [0.25, 0.3) is 0 Å². The van der Waals surface area contributed by atoms with Gasteiger partial charge in [0.1, 0.15) is 5.83 Å². The first-order valence-electron chi connectivity index (χ1n) is 9.37. The number of hydrogen-bond acceptors (Lipinski definition) is 4. The van der Waals surface area contributed by atoms with Crippen LogP contribution in [-0.4, -0.2) is 42.9 Å². The highest BCUT2D eigenvalue weighted by Gasteiger charge is 2.18. The number of hydrogen-bond donors (Lipinski definition) is 1. The molecular weight excluding hydrogens is 427 g/mol. The zero-order valence-electron chi connectivity index (χ0n) is 17.1. The van der Waals surface area contributed by atoms with Crippen molar-refractivity contribution in [2.24, 2.45) is 0 Å². The summed E-state index contributed by atoms with van der Waals surface area (Å²) in [7, 11) is -0.459. The summed E-state index contributed by atoms with van der Waals surface area (Å²) in [5.41, 5.74) is 3.82. The van der Waals surface area contributed by atoms with Crippen LogP contribution in [0.3, 0.4) is 0 Å². The Labute approximate surface area is 181 Å². The molecule has 0 fully saturated rings. The maximum atomic E-state index is 14.3. The number of nitrogens with one attached hydrogen (secondary N) is 1. The van der Waals surface area contributed by atoms with E-state index in [0.717, 1.165) is 27.7 Å². The maximum Gasteiger partial charge on any atom is 0.242 e. The normalized spacial score (nSPS) is 12.8. The van der Waals surface area contributed by atoms with E-state index in [1.54, 1.807) is 24.5 Å². The highest BCUT2D eigenvalue weighted by molar-refractivity contribution is 7.89. The topological polar surface area (TPSA) is 67.2 Å². The lowest BCUT2D eigenvalue weighted by atomic mass is 10.0. The number of benzene rings is 1. The average molecular weight is 451 g/mol. The lowest BCUT2D eigenvalue weighted by molar-refractivity contribution is 0.520. The van der Waals surface area contributed by atoms with E-state index < -0.39 is 10.0 Å². The second-order valence-electron chi connectivity index (χ2n) is 7.14. The van der Waals surface area contributed by atoms with Gasteiger partial charge < -0.3 is 4.57 Å². The standard InChI is InChI=1S/C21H24ClFN4O2S/c1-15-19(12-16-4-6-18(7-5-16)30(28,29)26(2)3)20-13-24-10-9-21(20)27(15)14-17(23)8-11-25-22/h4-10,13,25H,11-12,14H2,1-3H3/b17-8-. The second-order valence-corrected chi connectivity index (χ2v) is 9.56. The fraction of sp³-hybridized carbons (Fsp3) is 0.286. The van der Waals surface area contributed by atoms with Crippen molar-refractivity contribution in [2.45, 2.75) is 24.8 Å². The van der Waals surface area contributed by atoms with Crippen LogP contribution in [0.25, 0.3) is 10.9 Å². The average Bonchev–Trinajstić information content (AvgIpc) is 2.98. The van der Waals surface area contributed by atoms with Crippen molar-refractivity contribution in [3.8, 4) is 0 Å². The fourth-order valence-corrected chi connectivity index (χ4v) is 4.36. The van der Waals surface area contributed by atoms with Crippen molar-refractivity contribution in [1.29, 1.82) is 0 Å². The quantitative estimate of drug-likeness (QED) is 0.530. The maximum absolute atomic E-state index is 14.3. The molecule has 2 aromatic heterocycles. The third-order valence-electron chi connectivity index (χ3n) is 5.05. The molecule has 0 aliphatic heterocycles. The molecule has 0 atom stereocenters. The van der Waals surface area contributed by atoms with Gasteiger partial charge in [-0.1, -0.05) is 12.1 Å². The summed E-state index contributed by atoms with van der Waals surface area (Å²) >= 11 is 5.41. The van der Waals surface area contributed by atoms with Crippen molar-refractivity contribution < 1.29 is 12.8 Å². The van der Waals surface area contributed by atoms with Gasteiger partial charge in [0.15, 0.2) is 0 Å². The van der Waals surface area contributed by atoms with E-state index in [9.17, 15) is 12.8 Å². The number of allylic oxidation sites excluding steroid dienone is 1. The molecule has 3 rings (SSSR count). The first-order chi connectivity index (χ1) is 14.3. The van der Waals surface area contributed by atoms with Gasteiger partial charge in [-0.15, -0.1) is 0 Å². The van der Waals surface area contributed by atoms with Crippen LogP contribution in [0.5, 0.6) is 0 Å². The van der Waals surface area contributed by atoms with Crippen LogP contribution in [-0.2, 0) is 23.0 Å². The molecule has 160 valence electrons. The van der Waals surface area contributed by atoms with E-state index in [1.807, 2.05) is 29.7 Å². The molecule has 0 saturated heterocycles. The molecule has 0 saturated carbocycles. The third-order valence-corrected chi connectivity index (χ3v) is 7.03. The minimum absolute atomic E-state index is 0.102. The molecule has 0 radical (unpaired) electrons. The van der Waals surface area contributed by atoms with Gasteiger partial charge in [0, 0.05) is 44.1 Å². The number of fused-ring (bicyclic) bond motifs is 1. The minimum Gasteiger partial charge on any atom is -0.338 e. The molecule has 3 aromatic rings. The Kier molecular flexibility index (Phi) is 6.92. The fourth-order valence-electron chi connectivity index (χ4n) is 3.38. The molecule has 1 aromatic carbocycles. The number of aromatic nitrogens is 2. The molecule has 0 spiro atoms. The number of rotatable bonds is 8. The molecule has 0 unspecified atom stereocenters. The Bertz CT molecular complexity index is 1170. The van der Waals surface area contributed by atoms with E-state index in [4.69, 9.17) is 11.8 Å². The molecule has 30 heavy (non-hydrogen) atoms. The van der Waals surface area contributed by atoms with Crippen molar-refractivity contribution >= 4 is 32.7 Å². The first-order valence-corrected chi connectivity index (χ1v) is 11.2. The van der Waals surface area contributed by atoms with E-state index in [-0.39, 0.29) is 23.8 Å². The lowest BCUT2D eigenvalue weighted by Gasteiger charge is -2.12. The van der Waals surface area contributed by atoms with Crippen molar-refractivity contribution in [1.82, 2.24) is 18.7 Å². The summed E-state index contributed by atoms with van der Waals surface area (Å²) < 4.78 is 42.0. The Morgan fingerprint density at radius 3 is 2.60 bits per heavy atom. The van der Waals surface area contributed by atoms with Gasteiger partial charge in [-0.05, 0) is 60.5 Å². The SMILES string of the molecule is Cc1c(Cc2ccc(S(=O)(=O)N(C)C)cc2)c2cnccc2n1C/C(F)=C/CNCl. The summed E-state index contributed by atoms with van der Waals surface area (Å²) in [5.74, 6) is -0.287. The van der Waals surface area contributed by atoms with Crippen LogP contribution < -0.4 is 4.84 Å². The van der Waals surface area contributed by atoms with E-state index in [0.29, 0.717) is 6.42 Å². The number of sulfonamides is 1. The summed E-state index contributed by atoms with van der Waals surface area (Å²) in [6.45, 7) is 2.29. The van der Waals surface area contributed by atoms with Crippen LogP contribution in [0.4, 0.5) is 4.39 Å². The largest absolute Gasteiger partial charge is 0.338 e. The van der Waals surface area contributed by atoms with E-state index in [1.165, 1.54) is 24.5 Å². The molecule has 2 heterocycles. The molecule has 0 aliphatic carbocycles. The highest BCUT2D eigenvalue weighted by Crippen LogP contribution is 2.29. The van der Waals surface area contributed by atoms with Crippen LogP contribution in [0.15, 0.2) is 59.5 Å². The highest BCUT2D eigenvalue weighted by atomic mass is 35.5. The van der Waals surface area contributed by atoms with Crippen LogP contribution in [0.2, 0.25) is 0 Å². The third kappa shape index (κ3) is 4.57. The van der Waals surface area contributed by atoms with Gasteiger partial charge in [0.05, 0.1) is 17.0 Å². The molecule has 0 amide bonds. The van der Waals surface area contributed by atoms with Gasteiger partial charge in [-0.25, -0.2) is 21.9 Å². The number of pyridine rings is 1. The zero-order chi connectivity index (χ0) is 21.9. The summed E-state index contributed by atoms with van der Waals surface area (Å²) in [4.78, 5) is 6.86. The van der Waals surface area contributed by atoms with E-state index in [2.05, 4.69) is 9.82 Å². The first kappa shape index (κ1) is 22.4. The molecule has 0 bridgehead atoms. The summed E-state index contributed by atoms with van der Waals surface area (Å²) in [6.07, 6.45) is 5.45. The molecule has 6 nitrogen and oxygen atoms in total. The Morgan fingerprint density at radius 2 is 1.97 bits per heavy atom. The molecular formula is C21H24ClFN4O2S. The lowest BCUT2D eigenvalue weighted by Crippen LogP contribution is -2.22. The number of halogens is 2. The monoisotopic (exact) mass is 450 g/mol. The van der Waals surface area contributed by atoms with Gasteiger partial charge in [-0.3, -0.25) is 4.98 Å². The van der Waals surface area contributed by atoms with Crippen LogP contribution in [0, 0.1) is 6.92 Å². The zero-order valence-corrected chi connectivity index (χ0v) is 18.6. The summed E-state index contributed by atoms with van der Waals surface area (Å²) in [5, 5.41) is 0.947. The molecule has 0 aliphatic rings. The van der Waals surface area contributed by atoms with Crippen molar-refractivity contribution in [2.75, 3.05) is 20.6 Å². The second kappa shape index (κ2) is 9.26. The Balaban J connectivity index is 1.96. The van der Waals surface area contributed by atoms with Gasteiger partial charge >= 0.3 is 0 Å². The Morgan fingerprint density at radius 1 is 1.27 bits per heavy atom. The van der Waals surface area contributed by atoms with Gasteiger partial charge in [0.2, 0.25) is 10.0 Å². The van der Waals surface area contributed by atoms with E-state index >= 15 is 0 Å². The predicted molar refractivity (Wildman–Crippen MR) is 118 cm³/mol. The summed E-state index contributed by atoms with van der Waals surface area (Å²) in [6, 6.07) is 8.70. The van der Waals surface area contributed by atoms with Crippen LogP contribution >= 0.6 is 11.8 Å². The smallest absolute Gasteiger partial charge is 0.242 e. The van der Waals surface area contributed by atoms with Crippen molar-refractivity contribution in [3.05, 3.63) is 71.4 Å². The predicted octanol–water partition coefficient (Wildman–Crippen LogP) is 3.78. The van der Waals surface area contributed by atoms with Crippen molar-refractivity contribution in [3.63, 3.8) is 0 Å². The van der Waals surface area contributed by atoms with Crippen LogP contribution in [0.1, 0.15) is 16.8 Å². The minimum atomic E-state index is -3.47. The van der Waals surface area contributed by atoms with Gasteiger partial charge in [-0.2, -0.15) is 0 Å². The molecule has 9 heteroatoms. The number of nitrogens with zero attached hydrogens (tertiary/aromatic N) is 3. The Hall–Kier alpha value is -2.26.